The second kappa shape index (κ2) is 8.85. The van der Waals surface area contributed by atoms with E-state index in [0.29, 0.717) is 23.8 Å². The number of carboxylic acid groups (broad SMARTS) is 1. The minimum Gasteiger partial charge on any atom is -0.481 e. The number of aliphatic hydroxyl groups excluding tert-OH is 1. The van der Waals surface area contributed by atoms with E-state index < -0.39 is 17.5 Å². The second-order valence-corrected chi connectivity index (χ2v) is 16.3. The molecule has 6 aliphatic rings. The molecule has 6 nitrogen and oxygen atoms in total. The van der Waals surface area contributed by atoms with Gasteiger partial charge in [0.2, 0.25) is 0 Å². The first kappa shape index (κ1) is 27.8. The van der Waals surface area contributed by atoms with Gasteiger partial charge in [-0.1, -0.05) is 34.6 Å². The monoisotopic (exact) mass is 543 g/mol. The first-order valence-corrected chi connectivity index (χ1v) is 16.1. The summed E-state index contributed by atoms with van der Waals surface area (Å²) in [7, 11) is 0. The Kier molecular flexibility index (Phi) is 6.32. The summed E-state index contributed by atoms with van der Waals surface area (Å²) in [4.78, 5) is 25.4. The van der Waals surface area contributed by atoms with Crippen LogP contribution in [0.3, 0.4) is 0 Å². The van der Waals surface area contributed by atoms with Crippen LogP contribution < -0.4 is 5.32 Å². The number of carbonyl (C=O) groups is 2. The molecule has 6 saturated carbocycles. The number of nitrogens with one attached hydrogen (secondary N) is 1. The van der Waals surface area contributed by atoms with Gasteiger partial charge in [-0.25, -0.2) is 4.79 Å². The lowest BCUT2D eigenvalue weighted by Gasteiger charge is -2.72. The third kappa shape index (κ3) is 3.74. The molecule has 1 amide bonds. The fourth-order valence-electron chi connectivity index (χ4n) is 12.3. The molecule has 6 fully saturated rings. The van der Waals surface area contributed by atoms with Crippen molar-refractivity contribution in [2.24, 2.45) is 56.7 Å². The van der Waals surface area contributed by atoms with Gasteiger partial charge in [-0.2, -0.15) is 0 Å². The Morgan fingerprint density at radius 2 is 1.54 bits per heavy atom. The number of hydrogen-bond donors (Lipinski definition) is 3. The lowest BCUT2D eigenvalue weighted by atomic mass is 9.32. The van der Waals surface area contributed by atoms with Gasteiger partial charge >= 0.3 is 12.1 Å². The zero-order valence-electron chi connectivity index (χ0n) is 25.2. The highest BCUT2D eigenvalue weighted by Crippen LogP contribution is 2.77. The zero-order valence-corrected chi connectivity index (χ0v) is 25.2. The van der Waals surface area contributed by atoms with Gasteiger partial charge in [-0.15, -0.1) is 0 Å². The van der Waals surface area contributed by atoms with Crippen LogP contribution in [0, 0.1) is 56.7 Å². The minimum absolute atomic E-state index is 0.0539. The summed E-state index contributed by atoms with van der Waals surface area (Å²) in [6.45, 7) is 14.2. The quantitative estimate of drug-likeness (QED) is 0.363. The average molecular weight is 544 g/mol. The smallest absolute Gasteiger partial charge is 0.407 e. The van der Waals surface area contributed by atoms with Crippen molar-refractivity contribution < 1.29 is 24.5 Å². The molecule has 220 valence electrons. The Morgan fingerprint density at radius 3 is 2.18 bits per heavy atom. The van der Waals surface area contributed by atoms with Crippen molar-refractivity contribution in [3.63, 3.8) is 0 Å². The van der Waals surface area contributed by atoms with E-state index in [1.165, 1.54) is 0 Å². The first-order valence-electron chi connectivity index (χ1n) is 16.1. The Bertz CT molecular complexity index is 1020. The van der Waals surface area contributed by atoms with Crippen LogP contribution in [0.1, 0.15) is 119 Å². The van der Waals surface area contributed by atoms with Crippen molar-refractivity contribution >= 4 is 12.1 Å². The maximum atomic E-state index is 12.8. The fraction of sp³-hybridized carbons (Fsp3) is 0.939. The number of fused-ring (bicyclic) bond motifs is 7. The van der Waals surface area contributed by atoms with Gasteiger partial charge in [0.25, 0.3) is 0 Å². The molecule has 11 atom stereocenters. The van der Waals surface area contributed by atoms with E-state index in [1.54, 1.807) is 0 Å². The van der Waals surface area contributed by atoms with Crippen LogP contribution in [0.25, 0.3) is 0 Å². The Balaban J connectivity index is 1.29. The van der Waals surface area contributed by atoms with Gasteiger partial charge in [0.15, 0.2) is 0 Å². The lowest BCUT2D eigenvalue weighted by molar-refractivity contribution is -0.250. The predicted molar refractivity (Wildman–Crippen MR) is 150 cm³/mol. The number of amides is 1. The van der Waals surface area contributed by atoms with Crippen molar-refractivity contribution in [1.82, 2.24) is 5.32 Å². The Labute approximate surface area is 235 Å². The molecule has 0 heterocycles. The number of aliphatic carboxylic acids is 1. The number of carbonyl (C=O) groups excluding carboxylic acids is 1. The van der Waals surface area contributed by atoms with Crippen molar-refractivity contribution in [2.75, 3.05) is 0 Å². The van der Waals surface area contributed by atoms with Crippen LogP contribution in [0.4, 0.5) is 4.79 Å². The Hall–Kier alpha value is -1.30. The van der Waals surface area contributed by atoms with E-state index in [4.69, 9.17) is 4.74 Å². The SMILES string of the molecule is C[C@@H](O)[C@@H]1CC[C@]2(C(=O)O)CC[C@]3(C)C(CCC4[C@@]5(C)CC[C@@H](OC(=O)NC6CC6)C(C)(C)C5CC[C@]43C)C12. The fourth-order valence-corrected chi connectivity index (χ4v) is 12.3. The minimum atomic E-state index is -0.658. The molecule has 0 aromatic rings. The number of aliphatic hydroxyl groups is 1. The van der Waals surface area contributed by atoms with Gasteiger partial charge in [-0.05, 0) is 130 Å². The topological polar surface area (TPSA) is 95.9 Å². The molecule has 0 bridgehead atoms. The van der Waals surface area contributed by atoms with Gasteiger partial charge in [0.05, 0.1) is 11.5 Å². The summed E-state index contributed by atoms with van der Waals surface area (Å²) < 4.78 is 6.10. The molecule has 6 heteroatoms. The largest absolute Gasteiger partial charge is 0.481 e. The maximum absolute atomic E-state index is 12.8. The van der Waals surface area contributed by atoms with Gasteiger partial charge in [0.1, 0.15) is 6.10 Å². The molecule has 0 aromatic carbocycles. The molecule has 0 saturated heterocycles. The summed E-state index contributed by atoms with van der Waals surface area (Å²) >= 11 is 0. The average Bonchev–Trinajstić information content (AvgIpc) is 3.56. The third-order valence-electron chi connectivity index (χ3n) is 14.6. The van der Waals surface area contributed by atoms with E-state index in [9.17, 15) is 19.8 Å². The number of hydrogen-bond acceptors (Lipinski definition) is 4. The van der Waals surface area contributed by atoms with Crippen LogP contribution in [0.2, 0.25) is 0 Å². The summed E-state index contributed by atoms with van der Waals surface area (Å²) in [6, 6.07) is 0.310. The highest BCUT2D eigenvalue weighted by atomic mass is 16.6. The van der Waals surface area contributed by atoms with Gasteiger partial charge < -0.3 is 20.3 Å². The molecule has 0 spiro atoms. The van der Waals surface area contributed by atoms with Crippen LogP contribution in [-0.2, 0) is 9.53 Å². The summed E-state index contributed by atoms with van der Waals surface area (Å²) in [5.74, 6) is 0.966. The molecule has 6 rings (SSSR count). The highest BCUT2D eigenvalue weighted by Gasteiger charge is 2.72. The van der Waals surface area contributed by atoms with Crippen molar-refractivity contribution in [2.45, 2.75) is 137 Å². The summed E-state index contributed by atoms with van der Waals surface area (Å²) in [6.07, 6.45) is 11.2. The summed E-state index contributed by atoms with van der Waals surface area (Å²) in [5, 5.41) is 24.4. The van der Waals surface area contributed by atoms with Crippen molar-refractivity contribution in [3.05, 3.63) is 0 Å². The van der Waals surface area contributed by atoms with Crippen LogP contribution >= 0.6 is 0 Å². The van der Waals surface area contributed by atoms with Gasteiger partial charge in [-0.3, -0.25) is 4.79 Å². The zero-order chi connectivity index (χ0) is 28.2. The Morgan fingerprint density at radius 1 is 0.821 bits per heavy atom. The van der Waals surface area contributed by atoms with Gasteiger partial charge in [0, 0.05) is 11.5 Å². The second-order valence-electron chi connectivity index (χ2n) is 16.3. The summed E-state index contributed by atoms with van der Waals surface area (Å²) in [5.41, 5.74) is -0.342. The third-order valence-corrected chi connectivity index (χ3v) is 14.6. The van der Waals surface area contributed by atoms with Crippen LogP contribution in [-0.4, -0.2) is 40.5 Å². The highest BCUT2D eigenvalue weighted by molar-refractivity contribution is 5.76. The predicted octanol–water partition coefficient (Wildman–Crippen LogP) is 6.79. The molecule has 0 aliphatic heterocycles. The number of alkyl carbamates (subject to hydrolysis) is 1. The number of ether oxygens (including phenoxy) is 1. The molecule has 0 radical (unpaired) electrons. The van der Waals surface area contributed by atoms with Crippen LogP contribution in [0.15, 0.2) is 0 Å². The molecule has 3 N–H and O–H groups in total. The maximum Gasteiger partial charge on any atom is 0.407 e. The molecule has 6 aliphatic carbocycles. The molecule has 39 heavy (non-hydrogen) atoms. The van der Waals surface area contributed by atoms with Crippen molar-refractivity contribution in [3.8, 4) is 0 Å². The van der Waals surface area contributed by atoms with Crippen molar-refractivity contribution in [1.29, 1.82) is 0 Å². The molecular formula is C33H53NO5. The normalized spacial score (nSPS) is 50.9. The number of rotatable bonds is 4. The van der Waals surface area contributed by atoms with E-state index in [2.05, 4.69) is 39.9 Å². The van der Waals surface area contributed by atoms with E-state index in [1.807, 2.05) is 6.92 Å². The molecule has 0 aromatic heterocycles. The lowest BCUT2D eigenvalue weighted by Crippen LogP contribution is -2.67. The van der Waals surface area contributed by atoms with E-state index in [0.717, 1.165) is 77.0 Å². The number of carboxylic acids is 1. The van der Waals surface area contributed by atoms with Crippen LogP contribution in [0.5, 0.6) is 0 Å². The molecule has 4 unspecified atom stereocenters. The molecular weight excluding hydrogens is 490 g/mol. The van der Waals surface area contributed by atoms with E-state index >= 15 is 0 Å². The standard InChI is InChI=1S/C33H53NO5/c1-19(35)21-11-16-33(27(36)37)18-17-31(5)22(26(21)33)9-10-24-30(4)14-13-25(39-28(38)34-20-7-8-20)29(2,3)23(30)12-15-32(24,31)6/h19-26,35H,7-18H2,1-6H3,(H,34,38)(H,36,37)/t19-,21+,22?,23?,24?,25-,26?,30+,31-,32-,33+/m1/s1. The van der Waals surface area contributed by atoms with E-state index in [-0.39, 0.29) is 45.7 Å². The first-order chi connectivity index (χ1) is 18.2.